The van der Waals surface area contributed by atoms with Gasteiger partial charge in [-0.25, -0.2) is 4.79 Å². The molecule has 2 saturated heterocycles. The Morgan fingerprint density at radius 2 is 2.05 bits per heavy atom. The maximum Gasteiger partial charge on any atom is 0.411 e. The molecule has 0 aromatic carbocycles. The molecule has 0 radical (unpaired) electrons. The number of ether oxygens (including phenoxy) is 1. The van der Waals surface area contributed by atoms with Gasteiger partial charge in [-0.05, 0) is 27.2 Å². The van der Waals surface area contributed by atoms with Gasteiger partial charge in [0.15, 0.2) is 0 Å². The van der Waals surface area contributed by atoms with Crippen LogP contribution in [0.4, 0.5) is 4.79 Å². The van der Waals surface area contributed by atoms with Gasteiger partial charge in [0, 0.05) is 13.1 Å². The van der Waals surface area contributed by atoms with Gasteiger partial charge in [-0.2, -0.15) is 0 Å². The van der Waals surface area contributed by atoms with Gasteiger partial charge in [0.05, 0.1) is 12.5 Å². The molecule has 2 atom stereocenters. The zero-order chi connectivity index (χ0) is 15.1. The van der Waals surface area contributed by atoms with Crippen molar-refractivity contribution in [3.05, 3.63) is 0 Å². The van der Waals surface area contributed by atoms with Crippen molar-refractivity contribution in [3.63, 3.8) is 0 Å². The van der Waals surface area contributed by atoms with Gasteiger partial charge >= 0.3 is 12.1 Å². The number of carbonyl (C=O) groups excluding carboxylic acids is 2. The zero-order valence-corrected chi connectivity index (χ0v) is 12.0. The molecule has 2 aliphatic rings. The van der Waals surface area contributed by atoms with E-state index in [1.165, 1.54) is 4.90 Å². The van der Waals surface area contributed by atoms with E-state index in [4.69, 9.17) is 9.84 Å². The quantitative estimate of drug-likeness (QED) is 0.823. The van der Waals surface area contributed by atoms with Gasteiger partial charge in [-0.15, -0.1) is 0 Å². The van der Waals surface area contributed by atoms with E-state index in [2.05, 4.69) is 0 Å². The number of piperazine rings is 1. The molecule has 20 heavy (non-hydrogen) atoms. The molecule has 7 nitrogen and oxygen atoms in total. The summed E-state index contributed by atoms with van der Waals surface area (Å²) in [7, 11) is 0. The second kappa shape index (κ2) is 4.96. The Balaban J connectivity index is 1.97. The molecule has 0 spiro atoms. The van der Waals surface area contributed by atoms with E-state index >= 15 is 0 Å². The molecule has 0 saturated carbocycles. The van der Waals surface area contributed by atoms with Crippen molar-refractivity contribution in [2.75, 3.05) is 13.1 Å². The molecule has 0 aliphatic carbocycles. The van der Waals surface area contributed by atoms with Gasteiger partial charge in [-0.3, -0.25) is 14.5 Å². The minimum absolute atomic E-state index is 0.0681. The second-order valence-corrected chi connectivity index (χ2v) is 6.21. The fraction of sp³-hybridized carbons (Fsp3) is 0.769. The third-order valence-corrected chi connectivity index (χ3v) is 3.48. The lowest BCUT2D eigenvalue weighted by Crippen LogP contribution is -2.53. The molecule has 2 bridgehead atoms. The number of carboxylic acids is 1. The third kappa shape index (κ3) is 2.86. The minimum atomic E-state index is -0.926. The Labute approximate surface area is 117 Å². The highest BCUT2D eigenvalue weighted by molar-refractivity contribution is 5.90. The Hall–Kier alpha value is -1.79. The smallest absolute Gasteiger partial charge is 0.411 e. The standard InChI is InChI=1S/C13H20N2O5/c1-13(2,3)20-12(19)15-7-8-6-9(15)11(18)14(8)5-4-10(16)17/h8-9H,4-7H2,1-3H3,(H,16,17). The Morgan fingerprint density at radius 3 is 2.55 bits per heavy atom. The summed E-state index contributed by atoms with van der Waals surface area (Å²) in [4.78, 5) is 37.8. The number of nitrogens with zero attached hydrogens (tertiary/aromatic N) is 2. The number of hydrogen-bond donors (Lipinski definition) is 1. The molecule has 2 aliphatic heterocycles. The van der Waals surface area contributed by atoms with Crippen LogP contribution in [0.2, 0.25) is 0 Å². The second-order valence-electron chi connectivity index (χ2n) is 6.21. The van der Waals surface area contributed by atoms with Crippen molar-refractivity contribution in [2.45, 2.75) is 51.3 Å². The molecule has 2 heterocycles. The van der Waals surface area contributed by atoms with Gasteiger partial charge < -0.3 is 14.7 Å². The summed E-state index contributed by atoms with van der Waals surface area (Å²) in [5.74, 6) is -1.10. The number of hydrogen-bond acceptors (Lipinski definition) is 4. The van der Waals surface area contributed by atoms with Crippen LogP contribution in [0.3, 0.4) is 0 Å². The Bertz CT molecular complexity index is 443. The fourth-order valence-electron chi connectivity index (χ4n) is 2.68. The summed E-state index contributed by atoms with van der Waals surface area (Å²) < 4.78 is 5.28. The van der Waals surface area contributed by atoms with E-state index in [9.17, 15) is 14.4 Å². The van der Waals surface area contributed by atoms with Gasteiger partial charge in [-0.1, -0.05) is 0 Å². The van der Waals surface area contributed by atoms with Crippen LogP contribution in [0.15, 0.2) is 0 Å². The first-order valence-electron chi connectivity index (χ1n) is 6.71. The fourth-order valence-corrected chi connectivity index (χ4v) is 2.68. The van der Waals surface area contributed by atoms with E-state index in [0.717, 1.165) is 0 Å². The van der Waals surface area contributed by atoms with Crippen LogP contribution in [0.25, 0.3) is 0 Å². The van der Waals surface area contributed by atoms with Crippen LogP contribution in [0, 0.1) is 0 Å². The highest BCUT2D eigenvalue weighted by atomic mass is 16.6. The van der Waals surface area contributed by atoms with Crippen molar-refractivity contribution < 1.29 is 24.2 Å². The van der Waals surface area contributed by atoms with Crippen LogP contribution in [0.5, 0.6) is 0 Å². The van der Waals surface area contributed by atoms with E-state index in [-0.39, 0.29) is 24.9 Å². The highest BCUT2D eigenvalue weighted by Gasteiger charge is 2.52. The van der Waals surface area contributed by atoms with E-state index in [1.54, 1.807) is 25.7 Å². The third-order valence-electron chi connectivity index (χ3n) is 3.48. The summed E-state index contributed by atoms with van der Waals surface area (Å²) >= 11 is 0. The lowest BCUT2D eigenvalue weighted by Gasteiger charge is -2.34. The first kappa shape index (κ1) is 14.6. The summed E-state index contributed by atoms with van der Waals surface area (Å²) in [6.45, 7) is 5.96. The van der Waals surface area contributed by atoms with Crippen molar-refractivity contribution in [2.24, 2.45) is 0 Å². The topological polar surface area (TPSA) is 87.2 Å². The van der Waals surface area contributed by atoms with Crippen molar-refractivity contribution in [1.29, 1.82) is 0 Å². The van der Waals surface area contributed by atoms with Crippen LogP contribution in [-0.4, -0.2) is 63.7 Å². The normalized spacial score (nSPS) is 25.2. The molecule has 7 heteroatoms. The van der Waals surface area contributed by atoms with E-state index in [0.29, 0.717) is 13.0 Å². The maximum absolute atomic E-state index is 12.1. The maximum atomic E-state index is 12.1. The van der Waals surface area contributed by atoms with Crippen molar-refractivity contribution >= 4 is 18.0 Å². The molecule has 1 N–H and O–H groups in total. The van der Waals surface area contributed by atoms with Crippen LogP contribution < -0.4 is 0 Å². The first-order valence-corrected chi connectivity index (χ1v) is 6.71. The molecule has 2 fully saturated rings. The number of likely N-dealkylation sites (tertiary alicyclic amines) is 2. The van der Waals surface area contributed by atoms with Crippen LogP contribution >= 0.6 is 0 Å². The molecular weight excluding hydrogens is 264 g/mol. The predicted octanol–water partition coefficient (Wildman–Crippen LogP) is 0.681. The number of aliphatic carboxylic acids is 1. The molecular formula is C13H20N2O5. The van der Waals surface area contributed by atoms with Crippen molar-refractivity contribution in [3.8, 4) is 0 Å². The van der Waals surface area contributed by atoms with Crippen molar-refractivity contribution in [1.82, 2.24) is 9.80 Å². The van der Waals surface area contributed by atoms with E-state index < -0.39 is 23.7 Å². The van der Waals surface area contributed by atoms with Crippen LogP contribution in [-0.2, 0) is 14.3 Å². The van der Waals surface area contributed by atoms with Gasteiger partial charge in [0.25, 0.3) is 0 Å². The molecule has 2 rings (SSSR count). The largest absolute Gasteiger partial charge is 0.481 e. The highest BCUT2D eigenvalue weighted by Crippen LogP contribution is 2.32. The number of fused-ring (bicyclic) bond motifs is 2. The van der Waals surface area contributed by atoms with E-state index in [1.807, 2.05) is 0 Å². The summed E-state index contributed by atoms with van der Waals surface area (Å²) in [6.07, 6.45) is 0.0234. The minimum Gasteiger partial charge on any atom is -0.481 e. The first-order chi connectivity index (χ1) is 9.19. The molecule has 2 amide bonds. The van der Waals surface area contributed by atoms with Gasteiger partial charge in [0.2, 0.25) is 5.91 Å². The molecule has 0 aromatic heterocycles. The summed E-state index contributed by atoms with van der Waals surface area (Å²) in [6, 6.07) is -0.581. The predicted molar refractivity (Wildman–Crippen MR) is 69.1 cm³/mol. The number of carbonyl (C=O) groups is 3. The number of carboxylic acid groups (broad SMARTS) is 1. The Morgan fingerprint density at radius 1 is 1.40 bits per heavy atom. The monoisotopic (exact) mass is 284 g/mol. The number of rotatable bonds is 3. The average Bonchev–Trinajstić information content (AvgIpc) is 2.82. The lowest BCUT2D eigenvalue weighted by atomic mass is 10.2. The number of amides is 2. The lowest BCUT2D eigenvalue weighted by molar-refractivity contribution is -0.140. The summed E-state index contributed by atoms with van der Waals surface area (Å²) in [5.41, 5.74) is -0.592. The average molecular weight is 284 g/mol. The molecule has 0 aromatic rings. The SMILES string of the molecule is CC(C)(C)OC(=O)N1CC2CC1C(=O)N2CCC(=O)O. The zero-order valence-electron chi connectivity index (χ0n) is 12.0. The van der Waals surface area contributed by atoms with Crippen LogP contribution in [0.1, 0.15) is 33.6 Å². The Kier molecular flexibility index (Phi) is 3.62. The summed E-state index contributed by atoms with van der Waals surface area (Å²) in [5, 5.41) is 8.68. The molecule has 112 valence electrons. The van der Waals surface area contributed by atoms with Gasteiger partial charge in [0.1, 0.15) is 11.6 Å². The molecule has 2 unspecified atom stereocenters.